The lowest BCUT2D eigenvalue weighted by atomic mass is 10.1. The smallest absolute Gasteiger partial charge is 0.243 e. The number of halogens is 1. The molecular weight excluding hydrogens is 458 g/mol. The first-order chi connectivity index (χ1) is 15.3. The van der Waals surface area contributed by atoms with E-state index in [2.05, 4.69) is 0 Å². The number of hydrogen-bond donors (Lipinski definition) is 2. The standard InChI is InChI=1S/C24H23N5O2S.ClH/c1-28-22-11-10-20(32(30,31)29-14-18-4-2-3-5-19(18)15-29)13-21(22)27-23(28)12-16-6-8-17(9-7-16)24(25)26;/h2-11,13H,12,14-15H2,1H3,(H3,25,26);1H. The van der Waals surface area contributed by atoms with Gasteiger partial charge in [-0.05, 0) is 34.9 Å². The quantitative estimate of drug-likeness (QED) is 0.335. The van der Waals surface area contributed by atoms with Crippen molar-refractivity contribution in [3.8, 4) is 0 Å². The molecule has 3 N–H and O–H groups in total. The Morgan fingerprint density at radius 2 is 1.67 bits per heavy atom. The van der Waals surface area contributed by atoms with Gasteiger partial charge in [-0.2, -0.15) is 4.31 Å². The number of benzene rings is 3. The van der Waals surface area contributed by atoms with Gasteiger partial charge in [0.2, 0.25) is 10.0 Å². The van der Waals surface area contributed by atoms with Crippen LogP contribution in [-0.2, 0) is 36.6 Å². The number of nitrogen functional groups attached to an aromatic ring is 1. The molecule has 1 aliphatic heterocycles. The molecule has 3 aromatic carbocycles. The maximum atomic E-state index is 13.3. The van der Waals surface area contributed by atoms with E-state index in [1.165, 1.54) is 4.31 Å². The van der Waals surface area contributed by atoms with Crippen LogP contribution in [0, 0.1) is 5.41 Å². The molecule has 9 heteroatoms. The van der Waals surface area contributed by atoms with Crippen LogP contribution in [0.25, 0.3) is 11.0 Å². The molecule has 0 atom stereocenters. The number of fused-ring (bicyclic) bond motifs is 2. The maximum absolute atomic E-state index is 13.3. The second kappa shape index (κ2) is 8.62. The summed E-state index contributed by atoms with van der Waals surface area (Å²) in [6.07, 6.45) is 0.590. The molecule has 1 aliphatic rings. The Balaban J connectivity index is 0.00000259. The molecule has 0 saturated heterocycles. The minimum absolute atomic E-state index is 0. The fourth-order valence-corrected chi connectivity index (χ4v) is 5.57. The summed E-state index contributed by atoms with van der Waals surface area (Å²) in [5.74, 6) is 0.868. The van der Waals surface area contributed by atoms with E-state index in [-0.39, 0.29) is 23.1 Å². The van der Waals surface area contributed by atoms with Crippen LogP contribution in [0.4, 0.5) is 0 Å². The molecule has 0 unspecified atom stereocenters. The third-order valence-electron chi connectivity index (χ3n) is 6.02. The number of imidazole rings is 1. The summed E-state index contributed by atoms with van der Waals surface area (Å²) in [6, 6.07) is 20.5. The first kappa shape index (κ1) is 23.0. The first-order valence-corrected chi connectivity index (χ1v) is 11.7. The highest BCUT2D eigenvalue weighted by molar-refractivity contribution is 7.89. The van der Waals surface area contributed by atoms with Crippen LogP contribution in [-0.4, -0.2) is 28.1 Å². The third-order valence-corrected chi connectivity index (χ3v) is 7.81. The van der Waals surface area contributed by atoms with Gasteiger partial charge in [0.05, 0.1) is 15.9 Å². The van der Waals surface area contributed by atoms with Crippen molar-refractivity contribution in [1.82, 2.24) is 13.9 Å². The van der Waals surface area contributed by atoms with E-state index in [0.717, 1.165) is 28.0 Å². The van der Waals surface area contributed by atoms with E-state index >= 15 is 0 Å². The number of nitrogens with one attached hydrogen (secondary N) is 1. The van der Waals surface area contributed by atoms with Gasteiger partial charge in [0.15, 0.2) is 0 Å². The fourth-order valence-electron chi connectivity index (χ4n) is 4.15. The zero-order valence-corrected chi connectivity index (χ0v) is 19.7. The molecule has 170 valence electrons. The van der Waals surface area contributed by atoms with Crippen molar-refractivity contribution >= 4 is 39.3 Å². The van der Waals surface area contributed by atoms with Crippen molar-refractivity contribution in [2.75, 3.05) is 0 Å². The topological polar surface area (TPSA) is 105 Å². The van der Waals surface area contributed by atoms with Crippen LogP contribution >= 0.6 is 12.4 Å². The number of nitrogens with zero attached hydrogens (tertiary/aromatic N) is 3. The lowest BCUT2D eigenvalue weighted by Gasteiger charge is -2.15. The van der Waals surface area contributed by atoms with Gasteiger partial charge in [-0.15, -0.1) is 12.4 Å². The van der Waals surface area contributed by atoms with Crippen LogP contribution < -0.4 is 5.73 Å². The molecule has 1 aromatic heterocycles. The van der Waals surface area contributed by atoms with Crippen molar-refractivity contribution < 1.29 is 8.42 Å². The van der Waals surface area contributed by atoms with Gasteiger partial charge in [-0.25, -0.2) is 13.4 Å². The summed E-state index contributed by atoms with van der Waals surface area (Å²) in [5.41, 5.74) is 10.9. The van der Waals surface area contributed by atoms with E-state index in [4.69, 9.17) is 16.1 Å². The normalized spacial score (nSPS) is 13.6. The monoisotopic (exact) mass is 481 g/mol. The van der Waals surface area contributed by atoms with E-state index in [9.17, 15) is 8.42 Å². The number of nitrogens with two attached hydrogens (primary N) is 1. The molecule has 0 bridgehead atoms. The molecule has 7 nitrogen and oxygen atoms in total. The van der Waals surface area contributed by atoms with Crippen LogP contribution in [0.5, 0.6) is 0 Å². The Hall–Kier alpha value is -3.20. The number of amidine groups is 1. The number of rotatable bonds is 5. The Kier molecular flexibility index (Phi) is 6.00. The summed E-state index contributed by atoms with van der Waals surface area (Å²) in [5, 5.41) is 7.51. The maximum Gasteiger partial charge on any atom is 0.243 e. The second-order valence-electron chi connectivity index (χ2n) is 8.07. The Morgan fingerprint density at radius 3 is 2.27 bits per heavy atom. The van der Waals surface area contributed by atoms with Gasteiger partial charge in [-0.3, -0.25) is 5.41 Å². The molecule has 5 rings (SSSR count). The van der Waals surface area contributed by atoms with Crippen LogP contribution in [0.1, 0.15) is 28.1 Å². The van der Waals surface area contributed by atoms with Gasteiger partial charge in [0.25, 0.3) is 0 Å². The largest absolute Gasteiger partial charge is 0.384 e. The Labute approximate surface area is 198 Å². The zero-order chi connectivity index (χ0) is 22.5. The van der Waals surface area contributed by atoms with Gasteiger partial charge in [0.1, 0.15) is 11.7 Å². The highest BCUT2D eigenvalue weighted by atomic mass is 35.5. The summed E-state index contributed by atoms with van der Waals surface area (Å²) >= 11 is 0. The van der Waals surface area contributed by atoms with Crippen molar-refractivity contribution in [2.24, 2.45) is 12.8 Å². The lowest BCUT2D eigenvalue weighted by Crippen LogP contribution is -2.25. The molecule has 4 aromatic rings. The predicted octanol–water partition coefficient (Wildman–Crippen LogP) is 3.57. The van der Waals surface area contributed by atoms with Crippen LogP contribution in [0.15, 0.2) is 71.6 Å². The molecule has 0 saturated carbocycles. The average Bonchev–Trinajstić information content (AvgIpc) is 3.36. The van der Waals surface area contributed by atoms with Gasteiger partial charge < -0.3 is 10.3 Å². The molecule has 0 fully saturated rings. The van der Waals surface area contributed by atoms with Crippen molar-refractivity contribution in [3.05, 3.63) is 94.8 Å². The average molecular weight is 482 g/mol. The minimum atomic E-state index is -3.62. The summed E-state index contributed by atoms with van der Waals surface area (Å²) in [7, 11) is -1.69. The van der Waals surface area contributed by atoms with Gasteiger partial charge in [0, 0.05) is 32.1 Å². The van der Waals surface area contributed by atoms with Crippen molar-refractivity contribution in [3.63, 3.8) is 0 Å². The highest BCUT2D eigenvalue weighted by Crippen LogP contribution is 2.30. The molecule has 0 spiro atoms. The van der Waals surface area contributed by atoms with E-state index in [1.54, 1.807) is 12.1 Å². The molecule has 0 radical (unpaired) electrons. The van der Waals surface area contributed by atoms with Crippen molar-refractivity contribution in [1.29, 1.82) is 5.41 Å². The number of hydrogen-bond acceptors (Lipinski definition) is 4. The summed E-state index contributed by atoms with van der Waals surface area (Å²) in [6.45, 7) is 0.778. The number of aromatic nitrogens is 2. The summed E-state index contributed by atoms with van der Waals surface area (Å²) in [4.78, 5) is 4.98. The third kappa shape index (κ3) is 4.13. The fraction of sp³-hybridized carbons (Fsp3) is 0.167. The van der Waals surface area contributed by atoms with Gasteiger partial charge in [-0.1, -0.05) is 48.5 Å². The lowest BCUT2D eigenvalue weighted by molar-refractivity contribution is 0.431. The Bertz CT molecular complexity index is 1440. The number of aryl methyl sites for hydroxylation is 1. The number of sulfonamides is 1. The molecule has 2 heterocycles. The van der Waals surface area contributed by atoms with Gasteiger partial charge >= 0.3 is 0 Å². The predicted molar refractivity (Wildman–Crippen MR) is 131 cm³/mol. The Morgan fingerprint density at radius 1 is 1.03 bits per heavy atom. The molecule has 0 amide bonds. The first-order valence-electron chi connectivity index (χ1n) is 10.3. The highest BCUT2D eigenvalue weighted by Gasteiger charge is 2.30. The molecule has 33 heavy (non-hydrogen) atoms. The molecule has 0 aliphatic carbocycles. The molecular formula is C24H24ClN5O2S. The van der Waals surface area contributed by atoms with Crippen molar-refractivity contribution in [2.45, 2.75) is 24.4 Å². The zero-order valence-electron chi connectivity index (χ0n) is 18.0. The SMILES string of the molecule is Cl.Cn1c(Cc2ccc(C(=N)N)cc2)nc2cc(S(=O)(=O)N3Cc4ccccc4C3)ccc21. The summed E-state index contributed by atoms with van der Waals surface area (Å²) < 4.78 is 30.1. The van der Waals surface area contributed by atoms with Crippen LogP contribution in [0.2, 0.25) is 0 Å². The van der Waals surface area contributed by atoms with Crippen LogP contribution in [0.3, 0.4) is 0 Å². The van der Waals surface area contributed by atoms with E-state index in [0.29, 0.717) is 30.6 Å². The van der Waals surface area contributed by atoms with E-state index in [1.807, 2.05) is 66.2 Å². The minimum Gasteiger partial charge on any atom is -0.384 e. The van der Waals surface area contributed by atoms with E-state index < -0.39 is 10.0 Å². The second-order valence-corrected chi connectivity index (χ2v) is 10.0.